The van der Waals surface area contributed by atoms with Crippen LogP contribution in [-0.2, 0) is 19.1 Å². The molecule has 0 fully saturated rings. The highest BCUT2D eigenvalue weighted by molar-refractivity contribution is 5.86. The fourth-order valence-corrected chi connectivity index (χ4v) is 3.29. The molecule has 2 N–H and O–H groups in total. The second kappa shape index (κ2) is 7.42. The number of ether oxygens (including phenoxy) is 2. The van der Waals surface area contributed by atoms with Gasteiger partial charge in [0, 0.05) is 11.1 Å². The zero-order valence-electron chi connectivity index (χ0n) is 14.8. The van der Waals surface area contributed by atoms with Gasteiger partial charge in [-0.25, -0.2) is 9.59 Å². The topological polar surface area (TPSA) is 93.1 Å². The maximum atomic E-state index is 12.2. The van der Waals surface area contributed by atoms with E-state index in [-0.39, 0.29) is 0 Å². The molecule has 0 heterocycles. The molecule has 2 aromatic carbocycles. The lowest BCUT2D eigenvalue weighted by Gasteiger charge is -2.20. The molecule has 0 amide bonds. The van der Waals surface area contributed by atoms with E-state index in [9.17, 15) is 19.8 Å². The highest BCUT2D eigenvalue weighted by Gasteiger charge is 2.36. The lowest BCUT2D eigenvalue weighted by molar-refractivity contribution is -0.176. The summed E-state index contributed by atoms with van der Waals surface area (Å²) >= 11 is 0. The molecule has 28 heavy (non-hydrogen) atoms. The van der Waals surface area contributed by atoms with Crippen LogP contribution in [0.3, 0.4) is 0 Å². The molecule has 2 aliphatic rings. The Bertz CT molecular complexity index is 897. The van der Waals surface area contributed by atoms with E-state index in [4.69, 9.17) is 9.47 Å². The first kappa shape index (κ1) is 18.2. The second-order valence-electron chi connectivity index (χ2n) is 6.58. The molecule has 4 atom stereocenters. The largest absolute Gasteiger partial charge is 0.451 e. The van der Waals surface area contributed by atoms with Gasteiger partial charge in [0.2, 0.25) is 0 Å². The lowest BCUT2D eigenvalue weighted by atomic mass is 10.1. The van der Waals surface area contributed by atoms with Crippen molar-refractivity contribution in [2.45, 2.75) is 24.4 Å². The molecule has 0 aliphatic heterocycles. The number of hydrogen-bond acceptors (Lipinski definition) is 6. The number of hydrogen-bond donors (Lipinski definition) is 2. The van der Waals surface area contributed by atoms with Crippen LogP contribution in [0, 0.1) is 0 Å². The summed E-state index contributed by atoms with van der Waals surface area (Å²) < 4.78 is 10.5. The minimum absolute atomic E-state index is 0.675. The Morgan fingerprint density at radius 2 is 1.11 bits per heavy atom. The van der Waals surface area contributed by atoms with Gasteiger partial charge in [0.1, 0.15) is 12.2 Å². The number of esters is 2. The van der Waals surface area contributed by atoms with Crippen LogP contribution < -0.4 is 0 Å². The summed E-state index contributed by atoms with van der Waals surface area (Å²) in [5.74, 6) is -2.20. The van der Waals surface area contributed by atoms with Gasteiger partial charge in [-0.1, -0.05) is 60.7 Å². The number of benzene rings is 2. The Morgan fingerprint density at radius 1 is 0.714 bits per heavy atom. The zero-order chi connectivity index (χ0) is 19.7. The van der Waals surface area contributed by atoms with E-state index in [0.29, 0.717) is 0 Å². The smallest absolute Gasteiger partial charge is 0.339 e. The summed E-state index contributed by atoms with van der Waals surface area (Å²) in [6.45, 7) is 0. The Morgan fingerprint density at radius 3 is 1.54 bits per heavy atom. The van der Waals surface area contributed by atoms with Crippen LogP contribution in [0.2, 0.25) is 0 Å². The SMILES string of the molecule is O=C(OC1C=Cc2ccccc21)C(O)C(O)C(=O)OC1C=Cc2ccccc21. The van der Waals surface area contributed by atoms with E-state index in [0.717, 1.165) is 22.3 Å². The van der Waals surface area contributed by atoms with Crippen LogP contribution in [0.5, 0.6) is 0 Å². The minimum Gasteiger partial charge on any atom is -0.451 e. The Kier molecular flexibility index (Phi) is 4.81. The van der Waals surface area contributed by atoms with Crippen LogP contribution in [0.4, 0.5) is 0 Å². The van der Waals surface area contributed by atoms with E-state index in [1.165, 1.54) is 0 Å². The number of carbonyl (C=O) groups is 2. The predicted molar refractivity (Wildman–Crippen MR) is 101 cm³/mol. The molecule has 2 aromatic rings. The summed E-state index contributed by atoms with van der Waals surface area (Å²) in [7, 11) is 0. The van der Waals surface area contributed by atoms with Crippen molar-refractivity contribution >= 4 is 24.1 Å². The van der Waals surface area contributed by atoms with Gasteiger partial charge in [0.25, 0.3) is 0 Å². The highest BCUT2D eigenvalue weighted by Crippen LogP contribution is 2.32. The maximum absolute atomic E-state index is 12.2. The molecule has 0 saturated heterocycles. The van der Waals surface area contributed by atoms with Gasteiger partial charge in [-0.05, 0) is 23.3 Å². The fraction of sp³-hybridized carbons (Fsp3) is 0.182. The first-order valence-electron chi connectivity index (χ1n) is 8.86. The molecule has 0 radical (unpaired) electrons. The van der Waals surface area contributed by atoms with E-state index >= 15 is 0 Å². The summed E-state index contributed by atoms with van der Waals surface area (Å²) in [5, 5.41) is 20.1. The van der Waals surface area contributed by atoms with E-state index < -0.39 is 36.4 Å². The monoisotopic (exact) mass is 378 g/mol. The van der Waals surface area contributed by atoms with Gasteiger partial charge in [0.05, 0.1) is 0 Å². The van der Waals surface area contributed by atoms with Crippen molar-refractivity contribution in [3.05, 3.63) is 82.9 Å². The number of carbonyl (C=O) groups excluding carboxylic acids is 2. The number of rotatable bonds is 5. The molecule has 0 aromatic heterocycles. The van der Waals surface area contributed by atoms with E-state index in [2.05, 4.69) is 0 Å². The number of aliphatic hydroxyl groups excluding tert-OH is 2. The summed E-state index contributed by atoms with van der Waals surface area (Å²) in [4.78, 5) is 24.4. The van der Waals surface area contributed by atoms with Crippen LogP contribution in [-0.4, -0.2) is 34.4 Å². The molecule has 0 spiro atoms. The first-order chi connectivity index (χ1) is 13.5. The zero-order valence-corrected chi connectivity index (χ0v) is 14.8. The molecule has 4 rings (SSSR count). The standard InChI is InChI=1S/C22H18O6/c23-19(21(25)27-17-11-9-13-5-1-3-7-15(13)17)20(24)22(26)28-18-12-10-14-6-2-4-8-16(14)18/h1-12,17-20,23-24H. The number of fused-ring (bicyclic) bond motifs is 2. The van der Waals surface area contributed by atoms with Gasteiger partial charge in [-0.2, -0.15) is 0 Å². The third-order valence-electron chi connectivity index (χ3n) is 4.77. The quantitative estimate of drug-likeness (QED) is 0.776. The Hall–Kier alpha value is -3.22. The van der Waals surface area contributed by atoms with Crippen molar-refractivity contribution in [2.75, 3.05) is 0 Å². The summed E-state index contributed by atoms with van der Waals surface area (Å²) in [6.07, 6.45) is 1.49. The molecule has 0 bridgehead atoms. The molecular weight excluding hydrogens is 360 g/mol. The van der Waals surface area contributed by atoms with Gasteiger partial charge in [-0.15, -0.1) is 0 Å². The normalized spacial score (nSPS) is 20.9. The third-order valence-corrected chi connectivity index (χ3v) is 4.77. The van der Waals surface area contributed by atoms with Crippen molar-refractivity contribution < 1.29 is 29.3 Å². The molecule has 2 aliphatic carbocycles. The van der Waals surface area contributed by atoms with Crippen molar-refractivity contribution in [1.29, 1.82) is 0 Å². The summed E-state index contributed by atoms with van der Waals surface area (Å²) in [6, 6.07) is 14.7. The third kappa shape index (κ3) is 3.35. The van der Waals surface area contributed by atoms with Crippen LogP contribution in [0.25, 0.3) is 12.2 Å². The minimum atomic E-state index is -2.05. The van der Waals surface area contributed by atoms with Crippen LogP contribution in [0.1, 0.15) is 34.5 Å². The second-order valence-corrected chi connectivity index (χ2v) is 6.58. The first-order valence-corrected chi connectivity index (χ1v) is 8.86. The summed E-state index contributed by atoms with van der Waals surface area (Å²) in [5.41, 5.74) is 3.35. The predicted octanol–water partition coefficient (Wildman–Crippen LogP) is 2.33. The highest BCUT2D eigenvalue weighted by atomic mass is 16.6. The van der Waals surface area contributed by atoms with Crippen molar-refractivity contribution in [1.82, 2.24) is 0 Å². The molecule has 142 valence electrons. The molecule has 0 saturated carbocycles. The van der Waals surface area contributed by atoms with Gasteiger partial charge < -0.3 is 19.7 Å². The lowest BCUT2D eigenvalue weighted by Crippen LogP contribution is -2.42. The van der Waals surface area contributed by atoms with Crippen molar-refractivity contribution in [3.8, 4) is 0 Å². The maximum Gasteiger partial charge on any atom is 0.339 e. The van der Waals surface area contributed by atoms with Gasteiger partial charge >= 0.3 is 11.9 Å². The fourth-order valence-electron chi connectivity index (χ4n) is 3.29. The van der Waals surface area contributed by atoms with E-state index in [1.54, 1.807) is 36.4 Å². The van der Waals surface area contributed by atoms with Crippen molar-refractivity contribution in [2.24, 2.45) is 0 Å². The molecule has 4 unspecified atom stereocenters. The molecule has 6 nitrogen and oxygen atoms in total. The van der Waals surface area contributed by atoms with Crippen LogP contribution in [0.15, 0.2) is 60.7 Å². The van der Waals surface area contributed by atoms with Gasteiger partial charge in [-0.3, -0.25) is 0 Å². The van der Waals surface area contributed by atoms with Crippen molar-refractivity contribution in [3.63, 3.8) is 0 Å². The Labute approximate surface area is 161 Å². The Balaban J connectivity index is 1.37. The average molecular weight is 378 g/mol. The molecule has 6 heteroatoms. The average Bonchev–Trinajstić information content (AvgIpc) is 3.31. The van der Waals surface area contributed by atoms with Gasteiger partial charge in [0.15, 0.2) is 12.2 Å². The van der Waals surface area contributed by atoms with Crippen LogP contribution >= 0.6 is 0 Å². The van der Waals surface area contributed by atoms with E-state index in [1.807, 2.05) is 36.4 Å². The number of aliphatic hydroxyl groups is 2. The molecular formula is C22H18O6.